The SMILES string of the molecule is CCCCCN1C(=O)C2CCCCC2(Cl)C1=O. The number of likely N-dealkylation sites (tertiary alicyclic amines) is 1. The van der Waals surface area contributed by atoms with Crippen LogP contribution in [0.3, 0.4) is 0 Å². The molecule has 0 spiro atoms. The number of imide groups is 1. The predicted octanol–water partition coefficient (Wildman–Crippen LogP) is 2.71. The highest BCUT2D eigenvalue weighted by molar-refractivity contribution is 6.40. The zero-order chi connectivity index (χ0) is 12.5. The third kappa shape index (κ3) is 2.10. The van der Waals surface area contributed by atoms with E-state index in [9.17, 15) is 9.59 Å². The first-order chi connectivity index (χ1) is 8.11. The fourth-order valence-electron chi connectivity index (χ4n) is 2.95. The molecule has 2 amide bonds. The lowest BCUT2D eigenvalue weighted by Gasteiger charge is -2.28. The number of amides is 2. The number of carbonyl (C=O) groups excluding carboxylic acids is 2. The molecule has 0 aromatic rings. The lowest BCUT2D eigenvalue weighted by Crippen LogP contribution is -2.40. The maximum Gasteiger partial charge on any atom is 0.251 e. The number of unbranched alkanes of at least 4 members (excludes halogenated alkanes) is 2. The van der Waals surface area contributed by atoms with E-state index in [1.165, 1.54) is 4.90 Å². The van der Waals surface area contributed by atoms with Gasteiger partial charge in [-0.1, -0.05) is 32.6 Å². The summed E-state index contributed by atoms with van der Waals surface area (Å²) >= 11 is 6.41. The Morgan fingerprint density at radius 3 is 2.76 bits per heavy atom. The average molecular weight is 258 g/mol. The van der Waals surface area contributed by atoms with Crippen molar-refractivity contribution >= 4 is 23.4 Å². The molecule has 3 nitrogen and oxygen atoms in total. The molecule has 0 bridgehead atoms. The molecule has 1 aliphatic carbocycles. The van der Waals surface area contributed by atoms with Gasteiger partial charge in [0.05, 0.1) is 5.92 Å². The Labute approximate surface area is 107 Å². The maximum absolute atomic E-state index is 12.2. The quantitative estimate of drug-likeness (QED) is 0.441. The number of halogens is 1. The number of alkyl halides is 1. The molecular formula is C13H20ClNO2. The Bertz CT molecular complexity index is 331. The molecule has 17 heavy (non-hydrogen) atoms. The molecule has 1 aliphatic heterocycles. The first-order valence-electron chi connectivity index (χ1n) is 6.66. The van der Waals surface area contributed by atoms with Crippen molar-refractivity contribution in [1.29, 1.82) is 0 Å². The lowest BCUT2D eigenvalue weighted by molar-refractivity contribution is -0.139. The molecule has 1 saturated carbocycles. The number of rotatable bonds is 4. The van der Waals surface area contributed by atoms with Crippen LogP contribution in [0.15, 0.2) is 0 Å². The summed E-state index contributed by atoms with van der Waals surface area (Å²) in [6, 6.07) is 0. The van der Waals surface area contributed by atoms with Gasteiger partial charge in [-0.05, 0) is 19.3 Å². The van der Waals surface area contributed by atoms with Crippen molar-refractivity contribution in [2.75, 3.05) is 6.54 Å². The molecule has 2 unspecified atom stereocenters. The van der Waals surface area contributed by atoms with Crippen molar-refractivity contribution in [2.24, 2.45) is 5.92 Å². The second kappa shape index (κ2) is 4.97. The minimum Gasteiger partial charge on any atom is -0.281 e. The second-order valence-electron chi connectivity index (χ2n) is 5.16. The minimum atomic E-state index is -0.901. The second-order valence-corrected chi connectivity index (χ2v) is 5.84. The van der Waals surface area contributed by atoms with Gasteiger partial charge in [-0.3, -0.25) is 14.5 Å². The number of fused-ring (bicyclic) bond motifs is 1. The molecule has 0 aromatic carbocycles. The van der Waals surface area contributed by atoms with Crippen LogP contribution in [-0.4, -0.2) is 28.1 Å². The molecule has 1 saturated heterocycles. The summed E-state index contributed by atoms with van der Waals surface area (Å²) in [6.45, 7) is 2.66. The zero-order valence-corrected chi connectivity index (χ0v) is 11.1. The molecule has 1 heterocycles. The van der Waals surface area contributed by atoms with Crippen molar-refractivity contribution < 1.29 is 9.59 Å². The van der Waals surface area contributed by atoms with Gasteiger partial charge < -0.3 is 0 Å². The zero-order valence-electron chi connectivity index (χ0n) is 10.4. The largest absolute Gasteiger partial charge is 0.281 e. The van der Waals surface area contributed by atoms with Crippen LogP contribution >= 0.6 is 11.6 Å². The Morgan fingerprint density at radius 2 is 2.12 bits per heavy atom. The number of hydrogen-bond acceptors (Lipinski definition) is 2. The molecule has 4 heteroatoms. The maximum atomic E-state index is 12.2. The molecular weight excluding hydrogens is 238 g/mol. The van der Waals surface area contributed by atoms with E-state index in [0.717, 1.165) is 38.5 Å². The molecule has 0 radical (unpaired) electrons. The van der Waals surface area contributed by atoms with Gasteiger partial charge in [0.1, 0.15) is 4.87 Å². The van der Waals surface area contributed by atoms with Gasteiger partial charge in [0, 0.05) is 6.54 Å². The van der Waals surface area contributed by atoms with Crippen molar-refractivity contribution in [2.45, 2.75) is 56.7 Å². The first kappa shape index (κ1) is 12.9. The average Bonchev–Trinajstić information content (AvgIpc) is 2.51. The van der Waals surface area contributed by atoms with Crippen molar-refractivity contribution in [1.82, 2.24) is 4.90 Å². The molecule has 0 aromatic heterocycles. The first-order valence-corrected chi connectivity index (χ1v) is 7.03. The number of hydrogen-bond donors (Lipinski definition) is 0. The fourth-order valence-corrected chi connectivity index (χ4v) is 3.39. The summed E-state index contributed by atoms with van der Waals surface area (Å²) in [5.74, 6) is -0.419. The third-order valence-electron chi connectivity index (χ3n) is 3.99. The van der Waals surface area contributed by atoms with Crippen molar-refractivity contribution in [3.05, 3.63) is 0 Å². The van der Waals surface area contributed by atoms with E-state index >= 15 is 0 Å². The van der Waals surface area contributed by atoms with Gasteiger partial charge in [-0.25, -0.2) is 0 Å². The summed E-state index contributed by atoms with van der Waals surface area (Å²) in [6.07, 6.45) is 6.45. The van der Waals surface area contributed by atoms with Crippen molar-refractivity contribution in [3.63, 3.8) is 0 Å². The van der Waals surface area contributed by atoms with Crippen LogP contribution in [-0.2, 0) is 9.59 Å². The van der Waals surface area contributed by atoms with Crippen LogP contribution in [0.25, 0.3) is 0 Å². The van der Waals surface area contributed by atoms with E-state index in [1.54, 1.807) is 0 Å². The molecule has 2 aliphatic rings. The van der Waals surface area contributed by atoms with Crippen LogP contribution in [0.2, 0.25) is 0 Å². The fraction of sp³-hybridized carbons (Fsp3) is 0.846. The van der Waals surface area contributed by atoms with Gasteiger partial charge in [0.25, 0.3) is 5.91 Å². The molecule has 96 valence electrons. The third-order valence-corrected chi connectivity index (χ3v) is 4.60. The Morgan fingerprint density at radius 1 is 1.35 bits per heavy atom. The summed E-state index contributed by atoms with van der Waals surface area (Å²) in [4.78, 5) is 24.9. The Kier molecular flexibility index (Phi) is 3.76. The van der Waals surface area contributed by atoms with E-state index in [-0.39, 0.29) is 17.7 Å². The summed E-state index contributed by atoms with van der Waals surface area (Å²) < 4.78 is 0. The van der Waals surface area contributed by atoms with Crippen LogP contribution in [0.4, 0.5) is 0 Å². The van der Waals surface area contributed by atoms with Crippen LogP contribution in [0, 0.1) is 5.92 Å². The Hall–Kier alpha value is -0.570. The standard InChI is InChI=1S/C13H20ClNO2/c1-2-3-6-9-15-11(16)10-7-4-5-8-13(10,14)12(15)17/h10H,2-9H2,1H3. The predicted molar refractivity (Wildman–Crippen MR) is 66.8 cm³/mol. The van der Waals surface area contributed by atoms with Gasteiger partial charge in [-0.15, -0.1) is 11.6 Å². The highest BCUT2D eigenvalue weighted by Gasteiger charge is 2.58. The van der Waals surface area contributed by atoms with Gasteiger partial charge >= 0.3 is 0 Å². The summed E-state index contributed by atoms with van der Waals surface area (Å²) in [7, 11) is 0. The lowest BCUT2D eigenvalue weighted by atomic mass is 9.80. The Balaban J connectivity index is 2.09. The smallest absolute Gasteiger partial charge is 0.251 e. The van der Waals surface area contributed by atoms with Gasteiger partial charge in [-0.2, -0.15) is 0 Å². The highest BCUT2D eigenvalue weighted by atomic mass is 35.5. The summed E-state index contributed by atoms with van der Waals surface area (Å²) in [5, 5.41) is 0. The van der Waals surface area contributed by atoms with Crippen LogP contribution < -0.4 is 0 Å². The summed E-state index contributed by atoms with van der Waals surface area (Å²) in [5.41, 5.74) is 0. The van der Waals surface area contributed by atoms with E-state index in [0.29, 0.717) is 13.0 Å². The molecule has 2 atom stereocenters. The minimum absolute atomic E-state index is 0.0270. The normalized spacial score (nSPS) is 33.1. The van der Waals surface area contributed by atoms with Crippen LogP contribution in [0.5, 0.6) is 0 Å². The number of carbonyl (C=O) groups is 2. The monoisotopic (exact) mass is 257 g/mol. The highest BCUT2D eigenvalue weighted by Crippen LogP contribution is 2.46. The van der Waals surface area contributed by atoms with Gasteiger partial charge in [0.15, 0.2) is 0 Å². The van der Waals surface area contributed by atoms with Crippen molar-refractivity contribution in [3.8, 4) is 0 Å². The molecule has 0 N–H and O–H groups in total. The molecule has 2 fully saturated rings. The number of nitrogens with zero attached hydrogens (tertiary/aromatic N) is 1. The van der Waals surface area contributed by atoms with E-state index in [2.05, 4.69) is 6.92 Å². The van der Waals surface area contributed by atoms with E-state index in [1.807, 2.05) is 0 Å². The van der Waals surface area contributed by atoms with E-state index < -0.39 is 4.87 Å². The van der Waals surface area contributed by atoms with Gasteiger partial charge in [0.2, 0.25) is 5.91 Å². The molecule has 2 rings (SSSR count). The van der Waals surface area contributed by atoms with E-state index in [4.69, 9.17) is 11.6 Å². The van der Waals surface area contributed by atoms with Crippen LogP contribution in [0.1, 0.15) is 51.9 Å². The topological polar surface area (TPSA) is 37.4 Å².